The van der Waals surface area contributed by atoms with Crippen molar-refractivity contribution >= 4 is 17.7 Å². The van der Waals surface area contributed by atoms with Crippen molar-refractivity contribution in [1.29, 1.82) is 0 Å². The number of nitrogens with one attached hydrogen (secondary N) is 2. The molecule has 8 atom stereocenters. The third-order valence-electron chi connectivity index (χ3n) is 6.42. The first kappa shape index (κ1) is 23.2. The lowest BCUT2D eigenvalue weighted by Gasteiger charge is -2.44. The third-order valence-corrected chi connectivity index (χ3v) is 7.28. The number of hydrogen-bond donors (Lipinski definition) is 5. The third kappa shape index (κ3) is 5.43. The van der Waals surface area contributed by atoms with Gasteiger partial charge in [0.05, 0.1) is 12.1 Å². The fourth-order valence-electron chi connectivity index (χ4n) is 4.48. The molecule has 1 saturated carbocycles. The number of piperidine rings is 1. The van der Waals surface area contributed by atoms with Crippen LogP contribution in [-0.4, -0.2) is 81.6 Å². The predicted octanol–water partition coefficient (Wildman–Crippen LogP) is 0.558. The number of halogens is 1. The highest BCUT2D eigenvalue weighted by atomic mass is 32.2. The summed E-state index contributed by atoms with van der Waals surface area (Å²) in [6.07, 6.45) is 0.189. The molecule has 0 aromatic heterocycles. The molecule has 2 saturated heterocycles. The molecule has 168 valence electrons. The zero-order valence-electron chi connectivity index (χ0n) is 17.4. The zero-order valence-corrected chi connectivity index (χ0v) is 18.2. The molecule has 7 nitrogen and oxygen atoms in total. The molecule has 1 aliphatic carbocycles. The van der Waals surface area contributed by atoms with Crippen molar-refractivity contribution in [3.05, 3.63) is 0 Å². The van der Waals surface area contributed by atoms with E-state index in [0.717, 1.165) is 12.8 Å². The van der Waals surface area contributed by atoms with Crippen LogP contribution in [0.5, 0.6) is 0 Å². The number of rotatable bonds is 7. The van der Waals surface area contributed by atoms with Crippen molar-refractivity contribution < 1.29 is 29.2 Å². The maximum atomic E-state index is 15.2. The molecule has 8 unspecified atom stereocenters. The van der Waals surface area contributed by atoms with Crippen molar-refractivity contribution in [2.24, 2.45) is 11.8 Å². The summed E-state index contributed by atoms with van der Waals surface area (Å²) in [6.45, 7) is 4.22. The van der Waals surface area contributed by atoms with Crippen LogP contribution in [0.4, 0.5) is 4.39 Å². The molecule has 9 heteroatoms. The van der Waals surface area contributed by atoms with Gasteiger partial charge in [-0.2, -0.15) is 0 Å². The van der Waals surface area contributed by atoms with Gasteiger partial charge in [-0.25, -0.2) is 4.39 Å². The van der Waals surface area contributed by atoms with E-state index in [1.807, 2.05) is 13.8 Å². The van der Waals surface area contributed by atoms with E-state index in [1.54, 1.807) is 6.26 Å². The highest BCUT2D eigenvalue weighted by Gasteiger charge is 2.48. The van der Waals surface area contributed by atoms with E-state index in [9.17, 15) is 20.1 Å². The largest absolute Gasteiger partial charge is 0.388 e. The number of carbonyl (C=O) groups is 1. The molecule has 3 fully saturated rings. The van der Waals surface area contributed by atoms with Crippen LogP contribution in [0.25, 0.3) is 0 Å². The summed E-state index contributed by atoms with van der Waals surface area (Å²) < 4.78 is 21.1. The summed E-state index contributed by atoms with van der Waals surface area (Å²) in [4.78, 5) is 13.0. The van der Waals surface area contributed by atoms with Crippen LogP contribution < -0.4 is 10.6 Å². The minimum absolute atomic E-state index is 0.103. The van der Waals surface area contributed by atoms with Gasteiger partial charge in [-0.15, -0.1) is 11.8 Å². The van der Waals surface area contributed by atoms with Crippen LogP contribution >= 0.6 is 11.8 Å². The Kier molecular flexibility index (Phi) is 7.49. The topological polar surface area (TPSA) is 111 Å². The van der Waals surface area contributed by atoms with Gasteiger partial charge < -0.3 is 30.7 Å². The highest BCUT2D eigenvalue weighted by molar-refractivity contribution is 7.99. The molecule has 0 radical (unpaired) electrons. The Bertz CT molecular complexity index is 579. The number of ether oxygens (including phenoxy) is 1. The second-order valence-corrected chi connectivity index (χ2v) is 10.2. The number of alkyl halides is 1. The number of aliphatic hydroxyl groups excluding tert-OH is 3. The van der Waals surface area contributed by atoms with E-state index >= 15 is 4.39 Å². The Morgan fingerprint density at radius 2 is 1.97 bits per heavy atom. The monoisotopic (exact) mass is 434 g/mol. The normalized spacial score (nSPS) is 41.9. The minimum Gasteiger partial charge on any atom is -0.388 e. The lowest BCUT2D eigenvalue weighted by Crippen LogP contribution is -2.65. The van der Waals surface area contributed by atoms with Crippen molar-refractivity contribution in [1.82, 2.24) is 10.6 Å². The van der Waals surface area contributed by atoms with Crippen molar-refractivity contribution in [2.75, 3.05) is 12.8 Å². The van der Waals surface area contributed by atoms with E-state index in [4.69, 9.17) is 4.74 Å². The number of hydrogen-bond acceptors (Lipinski definition) is 7. The Balaban J connectivity index is 1.67. The molecule has 3 aliphatic rings. The van der Waals surface area contributed by atoms with Crippen LogP contribution in [0.2, 0.25) is 0 Å². The number of aliphatic hydroxyl groups is 3. The van der Waals surface area contributed by atoms with Gasteiger partial charge in [-0.1, -0.05) is 26.7 Å². The maximum absolute atomic E-state index is 15.2. The first-order valence-electron chi connectivity index (χ1n) is 10.6. The second-order valence-electron chi connectivity index (χ2n) is 9.21. The van der Waals surface area contributed by atoms with E-state index in [0.29, 0.717) is 25.3 Å². The lowest BCUT2D eigenvalue weighted by atomic mass is 9.84. The predicted molar refractivity (Wildman–Crippen MR) is 109 cm³/mol. The molecule has 2 aliphatic heterocycles. The minimum atomic E-state index is -1.37. The molecule has 1 amide bonds. The average Bonchev–Trinajstić information content (AvgIpc) is 3.48. The SMILES string of the molecule is CSC1OC(C(NC(=O)C2CC(F)(CC3CC3)CCN2)C(C)C)C(O)C(O)C1O. The van der Waals surface area contributed by atoms with Crippen molar-refractivity contribution in [3.8, 4) is 0 Å². The molecule has 0 aromatic rings. The first-order chi connectivity index (χ1) is 13.6. The Hall–Kier alpha value is -0.450. The molecular weight excluding hydrogens is 399 g/mol. The lowest BCUT2D eigenvalue weighted by molar-refractivity contribution is -0.208. The number of thioether (sulfide) groups is 1. The summed E-state index contributed by atoms with van der Waals surface area (Å²) in [5.74, 6) is 0.0273. The van der Waals surface area contributed by atoms with Gasteiger partial charge in [-0.05, 0) is 37.5 Å². The number of carbonyl (C=O) groups excluding carboxylic acids is 1. The van der Waals surface area contributed by atoms with Crippen molar-refractivity contribution in [2.45, 2.75) is 93.6 Å². The Morgan fingerprint density at radius 3 is 2.55 bits per heavy atom. The van der Waals surface area contributed by atoms with Crippen LogP contribution in [0.3, 0.4) is 0 Å². The summed E-state index contributed by atoms with van der Waals surface area (Å²) in [7, 11) is 0. The van der Waals surface area contributed by atoms with E-state index < -0.39 is 47.6 Å². The molecule has 0 spiro atoms. The standard InChI is InChI=1S/C20H35FN2O5S/c1-10(2)13(17-15(25)14(24)16(26)19(28-17)29-3)23-18(27)12-9-20(21,6-7-22-12)8-11-4-5-11/h10-17,19,22,24-26H,4-9H2,1-3H3,(H,23,27). The molecule has 5 N–H and O–H groups in total. The molecule has 2 heterocycles. The maximum Gasteiger partial charge on any atom is 0.237 e. The van der Waals surface area contributed by atoms with Crippen LogP contribution in [0, 0.1) is 11.8 Å². The number of amides is 1. The van der Waals surface area contributed by atoms with Gasteiger partial charge in [0.25, 0.3) is 0 Å². The van der Waals surface area contributed by atoms with Crippen LogP contribution in [0.15, 0.2) is 0 Å². The van der Waals surface area contributed by atoms with Crippen LogP contribution in [0.1, 0.15) is 46.0 Å². The van der Waals surface area contributed by atoms with Crippen LogP contribution in [-0.2, 0) is 9.53 Å². The fraction of sp³-hybridized carbons (Fsp3) is 0.950. The van der Waals surface area contributed by atoms with Gasteiger partial charge in [0.1, 0.15) is 35.5 Å². The summed E-state index contributed by atoms with van der Waals surface area (Å²) in [5.41, 5.74) is -2.02. The Labute approximate surface area is 176 Å². The van der Waals surface area contributed by atoms with Gasteiger partial charge in [0, 0.05) is 6.42 Å². The first-order valence-corrected chi connectivity index (χ1v) is 11.9. The quantitative estimate of drug-likeness (QED) is 0.398. The van der Waals surface area contributed by atoms with E-state index in [1.165, 1.54) is 11.8 Å². The van der Waals surface area contributed by atoms with Gasteiger partial charge >= 0.3 is 0 Å². The molecule has 0 aromatic carbocycles. The second kappa shape index (κ2) is 9.36. The summed E-state index contributed by atoms with van der Waals surface area (Å²) in [5, 5.41) is 36.8. The van der Waals surface area contributed by atoms with Crippen molar-refractivity contribution in [3.63, 3.8) is 0 Å². The van der Waals surface area contributed by atoms with Gasteiger partial charge in [-0.3, -0.25) is 4.79 Å². The van der Waals surface area contributed by atoms with E-state index in [2.05, 4.69) is 10.6 Å². The molecule has 0 bridgehead atoms. The van der Waals surface area contributed by atoms with Gasteiger partial charge in [0.15, 0.2) is 0 Å². The van der Waals surface area contributed by atoms with Gasteiger partial charge in [0.2, 0.25) is 5.91 Å². The Morgan fingerprint density at radius 1 is 1.28 bits per heavy atom. The zero-order chi connectivity index (χ0) is 21.3. The highest BCUT2D eigenvalue weighted by Crippen LogP contribution is 2.42. The average molecular weight is 435 g/mol. The van der Waals surface area contributed by atoms with E-state index in [-0.39, 0.29) is 18.2 Å². The summed E-state index contributed by atoms with van der Waals surface area (Å²) in [6, 6.07) is -1.23. The smallest absolute Gasteiger partial charge is 0.237 e. The molecule has 29 heavy (non-hydrogen) atoms. The molecular formula is C20H35FN2O5S. The fourth-order valence-corrected chi connectivity index (χ4v) is 5.16. The summed E-state index contributed by atoms with van der Waals surface area (Å²) >= 11 is 1.23. The molecule has 3 rings (SSSR count).